The van der Waals surface area contributed by atoms with E-state index < -0.39 is 12.5 Å². The summed E-state index contributed by atoms with van der Waals surface area (Å²) in [5.41, 5.74) is 0.975. The standard InChI is InChI=1S/C23H32F2N4O2S2/c1-15-26-12-18(32-15)11-21(30)27-17-5-3-16(4-6-17)7-9-29-10-8-20-19(13-29)28-22(33-20)31-14-23(2,24)25/h12,16-17H,3-11,13-14H2,1-2H3,(H,27,30)/t16-,17-. The molecule has 1 aliphatic heterocycles. The van der Waals surface area contributed by atoms with Crippen molar-refractivity contribution < 1.29 is 18.3 Å². The van der Waals surface area contributed by atoms with Gasteiger partial charge in [0.05, 0.1) is 17.1 Å². The topological polar surface area (TPSA) is 67.4 Å². The molecule has 1 amide bonds. The van der Waals surface area contributed by atoms with Gasteiger partial charge in [0.15, 0.2) is 6.61 Å². The normalized spacial score (nSPS) is 21.6. The van der Waals surface area contributed by atoms with Crippen molar-refractivity contribution in [3.63, 3.8) is 0 Å². The van der Waals surface area contributed by atoms with E-state index in [0.717, 1.165) is 85.5 Å². The number of nitrogens with one attached hydrogen (secondary N) is 1. The number of amides is 1. The van der Waals surface area contributed by atoms with Crippen molar-refractivity contribution in [2.24, 2.45) is 5.92 Å². The van der Waals surface area contributed by atoms with E-state index in [2.05, 4.69) is 20.2 Å². The highest BCUT2D eigenvalue weighted by atomic mass is 32.1. The molecule has 0 aromatic carbocycles. The van der Waals surface area contributed by atoms with Crippen molar-refractivity contribution in [1.82, 2.24) is 20.2 Å². The van der Waals surface area contributed by atoms with Gasteiger partial charge < -0.3 is 10.1 Å². The molecule has 0 unspecified atom stereocenters. The molecular weight excluding hydrogens is 466 g/mol. The molecule has 33 heavy (non-hydrogen) atoms. The molecule has 0 bridgehead atoms. The Morgan fingerprint density at radius 1 is 1.30 bits per heavy atom. The lowest BCUT2D eigenvalue weighted by Gasteiger charge is -2.32. The third kappa shape index (κ3) is 7.42. The predicted molar refractivity (Wildman–Crippen MR) is 126 cm³/mol. The number of halogens is 2. The first-order chi connectivity index (χ1) is 15.7. The largest absolute Gasteiger partial charge is 0.464 e. The van der Waals surface area contributed by atoms with Crippen LogP contribution in [0.15, 0.2) is 6.20 Å². The van der Waals surface area contributed by atoms with Gasteiger partial charge in [0.2, 0.25) is 5.91 Å². The monoisotopic (exact) mass is 498 g/mol. The van der Waals surface area contributed by atoms with Gasteiger partial charge in [-0.05, 0) is 57.9 Å². The number of carbonyl (C=O) groups is 1. The maximum atomic E-state index is 13.0. The van der Waals surface area contributed by atoms with Crippen LogP contribution in [0, 0.1) is 12.8 Å². The molecule has 0 atom stereocenters. The minimum Gasteiger partial charge on any atom is -0.464 e. The second kappa shape index (κ2) is 10.7. The van der Waals surface area contributed by atoms with Crippen LogP contribution in [0.2, 0.25) is 0 Å². The van der Waals surface area contributed by atoms with Gasteiger partial charge in [-0.15, -0.1) is 11.3 Å². The molecule has 2 aromatic heterocycles. The fourth-order valence-electron chi connectivity index (χ4n) is 4.55. The van der Waals surface area contributed by atoms with Gasteiger partial charge in [0.1, 0.15) is 0 Å². The third-order valence-electron chi connectivity index (χ3n) is 6.31. The minimum absolute atomic E-state index is 0.0977. The lowest BCUT2D eigenvalue weighted by molar-refractivity contribution is -0.121. The molecule has 1 saturated carbocycles. The highest BCUT2D eigenvalue weighted by Gasteiger charge is 2.27. The lowest BCUT2D eigenvalue weighted by atomic mass is 9.84. The van der Waals surface area contributed by atoms with Crippen molar-refractivity contribution >= 4 is 28.6 Å². The molecule has 4 rings (SSSR count). The highest BCUT2D eigenvalue weighted by Crippen LogP contribution is 2.32. The van der Waals surface area contributed by atoms with Crippen LogP contribution in [0.3, 0.4) is 0 Å². The molecule has 1 fully saturated rings. The predicted octanol–water partition coefficient (Wildman–Crippen LogP) is 4.61. The number of thiazole rings is 2. The lowest BCUT2D eigenvalue weighted by Crippen LogP contribution is -2.39. The van der Waals surface area contributed by atoms with E-state index in [0.29, 0.717) is 17.5 Å². The molecule has 2 aromatic rings. The average molecular weight is 499 g/mol. The Kier molecular flexibility index (Phi) is 7.96. The van der Waals surface area contributed by atoms with Crippen LogP contribution in [0.5, 0.6) is 5.19 Å². The van der Waals surface area contributed by atoms with E-state index in [1.54, 1.807) is 17.5 Å². The first kappa shape index (κ1) is 24.5. The van der Waals surface area contributed by atoms with Gasteiger partial charge in [0.25, 0.3) is 11.1 Å². The molecule has 1 aliphatic carbocycles. The molecule has 0 radical (unpaired) electrons. The summed E-state index contributed by atoms with van der Waals surface area (Å²) in [5.74, 6) is -2.06. The molecule has 0 spiro atoms. The zero-order chi connectivity index (χ0) is 23.4. The minimum atomic E-state index is -2.85. The Hall–Kier alpha value is -1.65. The van der Waals surface area contributed by atoms with Crippen molar-refractivity contribution in [1.29, 1.82) is 0 Å². The first-order valence-electron chi connectivity index (χ1n) is 11.7. The number of fused-ring (bicyclic) bond motifs is 1. The second-order valence-electron chi connectivity index (χ2n) is 9.33. The summed E-state index contributed by atoms with van der Waals surface area (Å²) < 4.78 is 31.2. The van der Waals surface area contributed by atoms with Crippen molar-refractivity contribution in [3.05, 3.63) is 26.7 Å². The Morgan fingerprint density at radius 2 is 2.09 bits per heavy atom. The van der Waals surface area contributed by atoms with Crippen LogP contribution >= 0.6 is 22.7 Å². The SMILES string of the molecule is Cc1ncc(CC(=O)N[C@H]2CC[C@H](CCN3CCc4sc(OCC(C)(F)F)nc4C3)CC2)s1. The Morgan fingerprint density at radius 3 is 2.79 bits per heavy atom. The highest BCUT2D eigenvalue weighted by molar-refractivity contribution is 7.13. The van der Waals surface area contributed by atoms with Crippen LogP contribution in [-0.2, 0) is 24.2 Å². The number of nitrogens with zero attached hydrogens (tertiary/aromatic N) is 3. The van der Waals surface area contributed by atoms with Crippen LogP contribution in [-0.4, -0.2) is 52.4 Å². The quantitative estimate of drug-likeness (QED) is 0.547. The fourth-order valence-corrected chi connectivity index (χ4v) is 6.25. The summed E-state index contributed by atoms with van der Waals surface area (Å²) >= 11 is 2.98. The van der Waals surface area contributed by atoms with E-state index in [9.17, 15) is 13.6 Å². The summed E-state index contributed by atoms with van der Waals surface area (Å²) in [6, 6.07) is 0.282. The maximum absolute atomic E-state index is 13.0. The van der Waals surface area contributed by atoms with Crippen molar-refractivity contribution in [2.45, 2.75) is 77.3 Å². The van der Waals surface area contributed by atoms with Gasteiger partial charge in [-0.3, -0.25) is 9.69 Å². The molecule has 3 heterocycles. The smallest absolute Gasteiger partial charge is 0.278 e. The second-order valence-corrected chi connectivity index (χ2v) is 11.7. The van der Waals surface area contributed by atoms with Crippen LogP contribution in [0.1, 0.15) is 59.5 Å². The summed E-state index contributed by atoms with van der Waals surface area (Å²) in [6.45, 7) is 4.94. The third-order valence-corrected chi connectivity index (χ3v) is 8.29. The number of carbonyl (C=O) groups excluding carboxylic acids is 1. The Bertz CT molecular complexity index is 935. The van der Waals surface area contributed by atoms with Crippen LogP contribution in [0.4, 0.5) is 8.78 Å². The molecule has 0 saturated heterocycles. The van der Waals surface area contributed by atoms with E-state index in [-0.39, 0.29) is 11.9 Å². The molecule has 2 aliphatic rings. The number of aromatic nitrogens is 2. The number of ether oxygens (including phenoxy) is 1. The number of aryl methyl sites for hydroxylation is 1. The summed E-state index contributed by atoms with van der Waals surface area (Å²) in [5, 5.41) is 4.55. The first-order valence-corrected chi connectivity index (χ1v) is 13.3. The number of hydrogen-bond donors (Lipinski definition) is 1. The average Bonchev–Trinajstić information content (AvgIpc) is 3.36. The Balaban J connectivity index is 1.15. The summed E-state index contributed by atoms with van der Waals surface area (Å²) in [7, 11) is 0. The van der Waals surface area contributed by atoms with Gasteiger partial charge in [0, 0.05) is 42.0 Å². The van der Waals surface area contributed by atoms with E-state index in [1.165, 1.54) is 11.3 Å². The molecule has 10 heteroatoms. The summed E-state index contributed by atoms with van der Waals surface area (Å²) in [4.78, 5) is 25.5. The Labute approximate surface area is 201 Å². The number of rotatable bonds is 9. The van der Waals surface area contributed by atoms with Gasteiger partial charge in [-0.2, -0.15) is 0 Å². The zero-order valence-electron chi connectivity index (χ0n) is 19.2. The zero-order valence-corrected chi connectivity index (χ0v) is 20.9. The number of hydrogen-bond acceptors (Lipinski definition) is 7. The van der Waals surface area contributed by atoms with Crippen LogP contribution in [0.25, 0.3) is 0 Å². The molecule has 6 nitrogen and oxygen atoms in total. The van der Waals surface area contributed by atoms with Gasteiger partial charge in [-0.25, -0.2) is 18.7 Å². The van der Waals surface area contributed by atoms with Crippen molar-refractivity contribution in [2.75, 3.05) is 19.7 Å². The molecule has 182 valence electrons. The van der Waals surface area contributed by atoms with E-state index >= 15 is 0 Å². The van der Waals surface area contributed by atoms with Crippen LogP contribution < -0.4 is 10.1 Å². The maximum Gasteiger partial charge on any atom is 0.278 e. The molecular formula is C23H32F2N4O2S2. The van der Waals surface area contributed by atoms with E-state index in [4.69, 9.17) is 4.74 Å². The van der Waals surface area contributed by atoms with Crippen molar-refractivity contribution in [3.8, 4) is 5.19 Å². The van der Waals surface area contributed by atoms with E-state index in [1.807, 2.05) is 6.92 Å². The van der Waals surface area contributed by atoms with Gasteiger partial charge in [-0.1, -0.05) is 11.3 Å². The summed E-state index contributed by atoms with van der Waals surface area (Å²) in [6.07, 6.45) is 8.62. The number of alkyl halides is 2. The van der Waals surface area contributed by atoms with Gasteiger partial charge >= 0.3 is 0 Å². The molecule has 1 N–H and O–H groups in total. The fraction of sp³-hybridized carbons (Fsp3) is 0.696.